The first-order valence-electron chi connectivity index (χ1n) is 12.9. The monoisotopic (exact) mass is 598 g/mol. The van der Waals surface area contributed by atoms with E-state index in [1.54, 1.807) is 0 Å². The number of aliphatic hydroxyl groups is 5. The van der Waals surface area contributed by atoms with Crippen molar-refractivity contribution in [3.05, 3.63) is 35.6 Å². The Morgan fingerprint density at radius 3 is 2.29 bits per heavy atom. The predicted molar refractivity (Wildman–Crippen MR) is 138 cm³/mol. The van der Waals surface area contributed by atoms with Crippen molar-refractivity contribution in [3.8, 4) is 17.2 Å². The van der Waals surface area contributed by atoms with Crippen molar-refractivity contribution in [2.75, 3.05) is 20.8 Å². The van der Waals surface area contributed by atoms with Crippen molar-refractivity contribution in [2.45, 2.75) is 62.0 Å². The molecule has 2 fully saturated rings. The molecule has 0 aromatic heterocycles. The second kappa shape index (κ2) is 12.4. The first-order chi connectivity index (χ1) is 19.8. The van der Waals surface area contributed by atoms with Crippen molar-refractivity contribution in [1.29, 1.82) is 0 Å². The van der Waals surface area contributed by atoms with Crippen molar-refractivity contribution in [3.63, 3.8) is 0 Å². The third kappa shape index (κ3) is 6.17. The highest BCUT2D eigenvalue weighted by Crippen LogP contribution is 2.49. The summed E-state index contributed by atoms with van der Waals surface area (Å²) < 4.78 is 32.0. The number of aromatic hydroxyl groups is 1. The number of phenolic OH excluding ortho intramolecular Hbond substituents is 1. The molecule has 1 aromatic carbocycles. The molecule has 232 valence electrons. The van der Waals surface area contributed by atoms with Gasteiger partial charge < -0.3 is 64.2 Å². The van der Waals surface area contributed by atoms with Crippen LogP contribution in [0.3, 0.4) is 0 Å². The standard InChI is InChI=1S/C27H34O15/c1-27(36)8-13(28)18-12(24(34)35)9-40-25(19(18)27)42-26-23(33)22(32)21(31)16(41-26)10-39-17(29)5-4-11-6-14(37-2)20(30)15(7-11)38-3/h4-7,9,13,16,18-19,21-23,25-26,28,30-33,36H,8,10H2,1-3H3,(H,34,35)/t13-,16-,18+,19-,21-,22+,23-,25+,26-,27+/m1/s1. The van der Waals surface area contributed by atoms with Gasteiger partial charge in [0.2, 0.25) is 12.0 Å². The number of benzene rings is 1. The number of hydrogen-bond acceptors (Lipinski definition) is 14. The fourth-order valence-electron chi connectivity index (χ4n) is 5.47. The van der Waals surface area contributed by atoms with E-state index >= 15 is 0 Å². The molecule has 1 saturated heterocycles. The number of aliphatic hydroxyl groups excluding tert-OH is 4. The van der Waals surface area contributed by atoms with Crippen LogP contribution in [0.4, 0.5) is 0 Å². The Labute approximate surface area is 239 Å². The molecule has 4 rings (SSSR count). The number of hydrogen-bond donors (Lipinski definition) is 7. The van der Waals surface area contributed by atoms with E-state index in [2.05, 4.69) is 0 Å². The molecule has 10 atom stereocenters. The number of carbonyl (C=O) groups is 2. The largest absolute Gasteiger partial charge is 0.502 e. The van der Waals surface area contributed by atoms with Crippen LogP contribution in [0, 0.1) is 11.8 Å². The lowest BCUT2D eigenvalue weighted by molar-refractivity contribution is -0.346. The molecule has 0 amide bonds. The van der Waals surface area contributed by atoms with Gasteiger partial charge in [-0.05, 0) is 30.7 Å². The molecule has 2 heterocycles. The Balaban J connectivity index is 1.43. The number of ether oxygens (including phenoxy) is 6. The fourth-order valence-corrected chi connectivity index (χ4v) is 5.47. The number of phenols is 1. The zero-order valence-corrected chi connectivity index (χ0v) is 22.9. The van der Waals surface area contributed by atoms with Crippen LogP contribution in [-0.4, -0.2) is 117 Å². The number of carbonyl (C=O) groups excluding carboxylic acids is 1. The maximum Gasteiger partial charge on any atom is 0.335 e. The van der Waals surface area contributed by atoms with Gasteiger partial charge in [-0.1, -0.05) is 0 Å². The minimum Gasteiger partial charge on any atom is -0.502 e. The van der Waals surface area contributed by atoms with Gasteiger partial charge in [-0.15, -0.1) is 0 Å². The number of esters is 1. The van der Waals surface area contributed by atoms with E-state index < -0.39 is 79.1 Å². The van der Waals surface area contributed by atoms with Crippen LogP contribution in [-0.2, 0) is 28.5 Å². The summed E-state index contributed by atoms with van der Waals surface area (Å²) in [6.07, 6.45) is -7.90. The number of fused-ring (bicyclic) bond motifs is 1. The summed E-state index contributed by atoms with van der Waals surface area (Å²) >= 11 is 0. The van der Waals surface area contributed by atoms with E-state index in [1.165, 1.54) is 39.4 Å². The van der Waals surface area contributed by atoms with Gasteiger partial charge in [0.25, 0.3) is 0 Å². The van der Waals surface area contributed by atoms with Crippen LogP contribution in [0.25, 0.3) is 6.08 Å². The van der Waals surface area contributed by atoms with E-state index in [9.17, 15) is 45.3 Å². The Bertz CT molecular complexity index is 1200. The zero-order chi connectivity index (χ0) is 30.9. The number of aliphatic carboxylic acids is 1. The van der Waals surface area contributed by atoms with Crippen molar-refractivity contribution < 1.29 is 73.8 Å². The van der Waals surface area contributed by atoms with E-state index in [-0.39, 0.29) is 29.2 Å². The SMILES string of the molecule is COc1cc(C=CC(=O)OC[C@H]2O[C@H](O[C@@H]3OC=C(C(=O)O)[C@@H]4[C@H]3[C@@](C)(O)C[C@H]4O)[C@H](O)[C@@H](O)[C@@H]2O)cc(OC)c1O. The first-order valence-corrected chi connectivity index (χ1v) is 12.9. The molecule has 0 radical (unpaired) electrons. The van der Waals surface area contributed by atoms with Crippen LogP contribution in [0.5, 0.6) is 17.2 Å². The summed E-state index contributed by atoms with van der Waals surface area (Å²) in [5.41, 5.74) is -1.47. The lowest BCUT2D eigenvalue weighted by Crippen LogP contribution is -2.61. The highest BCUT2D eigenvalue weighted by atomic mass is 16.8. The summed E-state index contributed by atoms with van der Waals surface area (Å²) in [7, 11) is 2.69. The normalized spacial score (nSPS) is 36.1. The maximum atomic E-state index is 12.4. The molecule has 15 heteroatoms. The number of methoxy groups -OCH3 is 2. The molecule has 1 saturated carbocycles. The van der Waals surface area contributed by atoms with Crippen LogP contribution in [0.1, 0.15) is 18.9 Å². The zero-order valence-electron chi connectivity index (χ0n) is 22.9. The lowest BCUT2D eigenvalue weighted by atomic mass is 9.81. The lowest BCUT2D eigenvalue weighted by Gasteiger charge is -2.44. The van der Waals surface area contributed by atoms with E-state index in [0.717, 1.165) is 12.3 Å². The molecule has 7 N–H and O–H groups in total. The summed E-state index contributed by atoms with van der Waals surface area (Å²) in [6, 6.07) is 2.89. The molecule has 0 unspecified atom stereocenters. The summed E-state index contributed by atoms with van der Waals surface area (Å²) in [5, 5.41) is 72.3. The number of rotatable bonds is 9. The van der Waals surface area contributed by atoms with Gasteiger partial charge in [-0.3, -0.25) is 0 Å². The van der Waals surface area contributed by atoms with Crippen LogP contribution in [0.2, 0.25) is 0 Å². The minimum absolute atomic E-state index is 0.108. The highest BCUT2D eigenvalue weighted by molar-refractivity contribution is 5.88. The molecule has 0 bridgehead atoms. The molecule has 1 aromatic rings. The van der Waals surface area contributed by atoms with Gasteiger partial charge in [0.15, 0.2) is 17.8 Å². The quantitative estimate of drug-likeness (QED) is 0.132. The van der Waals surface area contributed by atoms with Crippen LogP contribution < -0.4 is 9.47 Å². The van der Waals surface area contributed by atoms with Gasteiger partial charge in [-0.25, -0.2) is 9.59 Å². The molecule has 2 aliphatic heterocycles. The van der Waals surface area contributed by atoms with Crippen LogP contribution in [0.15, 0.2) is 30.0 Å². The third-order valence-corrected chi connectivity index (χ3v) is 7.61. The fraction of sp³-hybridized carbons (Fsp3) is 0.556. The van der Waals surface area contributed by atoms with Gasteiger partial charge in [0, 0.05) is 18.4 Å². The Hall–Kier alpha value is -3.44. The molecule has 3 aliphatic rings. The molecule has 0 spiro atoms. The summed E-state index contributed by atoms with van der Waals surface area (Å²) in [4.78, 5) is 24.0. The molecule has 42 heavy (non-hydrogen) atoms. The van der Waals surface area contributed by atoms with Crippen LogP contribution >= 0.6 is 0 Å². The van der Waals surface area contributed by atoms with E-state index in [0.29, 0.717) is 5.56 Å². The second-order valence-electron chi connectivity index (χ2n) is 10.5. The Morgan fingerprint density at radius 2 is 1.69 bits per heavy atom. The maximum absolute atomic E-state index is 12.4. The van der Waals surface area contributed by atoms with Crippen molar-refractivity contribution in [2.24, 2.45) is 11.8 Å². The van der Waals surface area contributed by atoms with Crippen molar-refractivity contribution >= 4 is 18.0 Å². The van der Waals surface area contributed by atoms with E-state index in [1.807, 2.05) is 0 Å². The first kappa shape index (κ1) is 31.5. The highest BCUT2D eigenvalue weighted by Gasteiger charge is 2.59. The van der Waals surface area contributed by atoms with Gasteiger partial charge in [-0.2, -0.15) is 0 Å². The van der Waals surface area contributed by atoms with E-state index in [4.69, 9.17) is 28.4 Å². The molecule has 15 nitrogen and oxygen atoms in total. The number of carboxylic acids is 1. The average molecular weight is 599 g/mol. The Kier molecular flexibility index (Phi) is 9.32. The second-order valence-corrected chi connectivity index (χ2v) is 10.5. The topological polar surface area (TPSA) is 231 Å². The molecule has 1 aliphatic carbocycles. The summed E-state index contributed by atoms with van der Waals surface area (Å²) in [6.45, 7) is 0.801. The minimum atomic E-state index is -1.81. The average Bonchev–Trinajstić information content (AvgIpc) is 3.20. The molecular weight excluding hydrogens is 564 g/mol. The molecular formula is C27H34O15. The summed E-state index contributed by atoms with van der Waals surface area (Å²) in [5.74, 6) is -4.39. The third-order valence-electron chi connectivity index (χ3n) is 7.61. The van der Waals surface area contributed by atoms with Gasteiger partial charge in [0.05, 0.1) is 43.7 Å². The van der Waals surface area contributed by atoms with Gasteiger partial charge in [0.1, 0.15) is 31.0 Å². The smallest absolute Gasteiger partial charge is 0.335 e. The van der Waals surface area contributed by atoms with Crippen molar-refractivity contribution in [1.82, 2.24) is 0 Å². The predicted octanol–water partition coefficient (Wildman–Crippen LogP) is -1.14. The Morgan fingerprint density at radius 1 is 1.05 bits per heavy atom. The number of carboxylic acid groups (broad SMARTS) is 1. The van der Waals surface area contributed by atoms with Gasteiger partial charge >= 0.3 is 11.9 Å².